The minimum absolute atomic E-state index is 0.114. The number of halogens is 4. The Labute approximate surface area is 188 Å². The van der Waals surface area contributed by atoms with Gasteiger partial charge in [-0.15, -0.1) is 0 Å². The Morgan fingerprint density at radius 2 is 1.25 bits per heavy atom. The van der Waals surface area contributed by atoms with E-state index in [2.05, 4.69) is 32.1 Å². The molecule has 164 valence electrons. The summed E-state index contributed by atoms with van der Waals surface area (Å²) in [6.45, 7) is 0. The molecule has 0 atom stereocenters. The molecule has 0 spiro atoms. The SMILES string of the molecule is O=C(NNC(=O)c1cccc(NC(=O)c2cccc(C(F)(F)F)c2)c1)c1ccc(Br)cc1. The van der Waals surface area contributed by atoms with Crippen LogP contribution in [0.25, 0.3) is 0 Å². The molecule has 0 aliphatic carbocycles. The molecule has 6 nitrogen and oxygen atoms in total. The van der Waals surface area contributed by atoms with Crippen molar-refractivity contribution in [3.05, 3.63) is 99.5 Å². The number of carbonyl (C=O) groups excluding carboxylic acids is 3. The number of rotatable bonds is 4. The topological polar surface area (TPSA) is 87.3 Å². The fourth-order valence-corrected chi connectivity index (χ4v) is 2.90. The number of benzene rings is 3. The van der Waals surface area contributed by atoms with Crippen molar-refractivity contribution in [1.82, 2.24) is 10.9 Å². The first-order valence-electron chi connectivity index (χ1n) is 9.08. The van der Waals surface area contributed by atoms with Gasteiger partial charge in [-0.3, -0.25) is 25.2 Å². The van der Waals surface area contributed by atoms with Crippen LogP contribution in [0.3, 0.4) is 0 Å². The Kier molecular flexibility index (Phi) is 6.94. The maximum atomic E-state index is 12.8. The Bertz CT molecular complexity index is 1160. The van der Waals surface area contributed by atoms with Gasteiger partial charge in [0.2, 0.25) is 0 Å². The molecule has 3 N–H and O–H groups in total. The molecule has 0 radical (unpaired) electrons. The first kappa shape index (κ1) is 23.0. The highest BCUT2D eigenvalue weighted by Crippen LogP contribution is 2.29. The smallest absolute Gasteiger partial charge is 0.322 e. The minimum Gasteiger partial charge on any atom is -0.322 e. The van der Waals surface area contributed by atoms with Crippen LogP contribution in [0.2, 0.25) is 0 Å². The Balaban J connectivity index is 1.64. The van der Waals surface area contributed by atoms with Gasteiger partial charge < -0.3 is 5.32 Å². The van der Waals surface area contributed by atoms with Crippen LogP contribution in [0, 0.1) is 0 Å². The third-order valence-electron chi connectivity index (χ3n) is 4.23. The highest BCUT2D eigenvalue weighted by atomic mass is 79.9. The predicted octanol–water partition coefficient (Wildman–Crippen LogP) is 4.80. The van der Waals surface area contributed by atoms with Gasteiger partial charge in [0.25, 0.3) is 17.7 Å². The van der Waals surface area contributed by atoms with Gasteiger partial charge in [-0.2, -0.15) is 13.2 Å². The normalized spacial score (nSPS) is 10.9. The van der Waals surface area contributed by atoms with Crippen molar-refractivity contribution >= 4 is 39.3 Å². The summed E-state index contributed by atoms with van der Waals surface area (Å²) in [4.78, 5) is 36.7. The minimum atomic E-state index is -4.57. The summed E-state index contributed by atoms with van der Waals surface area (Å²) in [7, 11) is 0. The van der Waals surface area contributed by atoms with Crippen LogP contribution in [0.4, 0.5) is 18.9 Å². The van der Waals surface area contributed by atoms with Crippen molar-refractivity contribution in [3.63, 3.8) is 0 Å². The number of hydrogen-bond acceptors (Lipinski definition) is 3. The molecule has 3 aromatic carbocycles. The maximum Gasteiger partial charge on any atom is 0.416 e. The lowest BCUT2D eigenvalue weighted by atomic mass is 10.1. The van der Waals surface area contributed by atoms with Crippen LogP contribution < -0.4 is 16.2 Å². The van der Waals surface area contributed by atoms with Crippen molar-refractivity contribution in [2.24, 2.45) is 0 Å². The molecular formula is C22H15BrF3N3O3. The highest BCUT2D eigenvalue weighted by molar-refractivity contribution is 9.10. The lowest BCUT2D eigenvalue weighted by Gasteiger charge is -2.11. The number of anilines is 1. The zero-order valence-electron chi connectivity index (χ0n) is 16.2. The van der Waals surface area contributed by atoms with E-state index in [1.54, 1.807) is 24.3 Å². The van der Waals surface area contributed by atoms with E-state index in [0.717, 1.165) is 22.7 Å². The summed E-state index contributed by atoms with van der Waals surface area (Å²) in [5.74, 6) is -1.94. The van der Waals surface area contributed by atoms with Crippen molar-refractivity contribution in [2.45, 2.75) is 6.18 Å². The van der Waals surface area contributed by atoms with E-state index in [9.17, 15) is 27.6 Å². The van der Waals surface area contributed by atoms with Crippen molar-refractivity contribution in [1.29, 1.82) is 0 Å². The summed E-state index contributed by atoms with van der Waals surface area (Å²) >= 11 is 3.26. The molecule has 0 aliphatic heterocycles. The quantitative estimate of drug-likeness (QED) is 0.445. The van der Waals surface area contributed by atoms with Crippen LogP contribution in [0.1, 0.15) is 36.6 Å². The van der Waals surface area contributed by atoms with Gasteiger partial charge in [0.05, 0.1) is 5.56 Å². The second kappa shape index (κ2) is 9.65. The molecule has 32 heavy (non-hydrogen) atoms. The summed E-state index contributed by atoms with van der Waals surface area (Å²) in [5.41, 5.74) is 4.04. The van der Waals surface area contributed by atoms with Gasteiger partial charge in [-0.05, 0) is 60.7 Å². The molecule has 0 fully saturated rings. The van der Waals surface area contributed by atoms with Gasteiger partial charge in [-0.25, -0.2) is 0 Å². The fourth-order valence-electron chi connectivity index (χ4n) is 2.64. The van der Waals surface area contributed by atoms with Crippen molar-refractivity contribution in [3.8, 4) is 0 Å². The zero-order chi connectivity index (χ0) is 23.3. The number of hydrogen-bond donors (Lipinski definition) is 3. The highest BCUT2D eigenvalue weighted by Gasteiger charge is 2.30. The molecule has 0 saturated heterocycles. The number of alkyl halides is 3. The number of nitrogens with one attached hydrogen (secondary N) is 3. The Morgan fingerprint density at radius 3 is 1.88 bits per heavy atom. The summed E-state index contributed by atoms with van der Waals surface area (Å²) in [6, 6.07) is 16.2. The first-order valence-corrected chi connectivity index (χ1v) is 9.88. The van der Waals surface area contributed by atoms with Crippen LogP contribution in [-0.2, 0) is 6.18 Å². The van der Waals surface area contributed by atoms with E-state index in [0.29, 0.717) is 5.56 Å². The first-order chi connectivity index (χ1) is 15.1. The Morgan fingerprint density at radius 1 is 0.688 bits per heavy atom. The molecular weight excluding hydrogens is 491 g/mol. The molecule has 0 aliphatic rings. The van der Waals surface area contributed by atoms with Gasteiger partial charge in [0.1, 0.15) is 0 Å². The van der Waals surface area contributed by atoms with Gasteiger partial charge in [-0.1, -0.05) is 28.1 Å². The molecule has 0 unspecified atom stereocenters. The van der Waals surface area contributed by atoms with Crippen molar-refractivity contribution < 1.29 is 27.6 Å². The monoisotopic (exact) mass is 505 g/mol. The van der Waals surface area contributed by atoms with E-state index in [1.807, 2.05) is 0 Å². The zero-order valence-corrected chi connectivity index (χ0v) is 17.8. The molecule has 0 bridgehead atoms. The number of hydrazine groups is 1. The molecule has 3 rings (SSSR count). The van der Waals surface area contributed by atoms with E-state index in [-0.39, 0.29) is 16.8 Å². The number of carbonyl (C=O) groups is 3. The summed E-state index contributed by atoms with van der Waals surface area (Å²) in [6.07, 6.45) is -4.57. The standard InChI is InChI=1S/C22H15BrF3N3O3/c23-17-9-7-13(8-10-17)20(31)28-29-21(32)15-4-2-6-18(12-15)27-19(30)14-3-1-5-16(11-14)22(24,25)26/h1-12H,(H,27,30)(H,28,31)(H,29,32). The second-order valence-electron chi connectivity index (χ2n) is 6.53. The van der Waals surface area contributed by atoms with E-state index in [1.165, 1.54) is 30.3 Å². The van der Waals surface area contributed by atoms with Gasteiger partial charge >= 0.3 is 6.18 Å². The van der Waals surface area contributed by atoms with Crippen LogP contribution in [-0.4, -0.2) is 17.7 Å². The maximum absolute atomic E-state index is 12.8. The van der Waals surface area contributed by atoms with Crippen LogP contribution in [0.5, 0.6) is 0 Å². The molecule has 0 aromatic heterocycles. The largest absolute Gasteiger partial charge is 0.416 e. The molecule has 3 aromatic rings. The molecule has 3 amide bonds. The Hall–Kier alpha value is -3.66. The average molecular weight is 506 g/mol. The van der Waals surface area contributed by atoms with Crippen LogP contribution >= 0.6 is 15.9 Å². The van der Waals surface area contributed by atoms with E-state index >= 15 is 0 Å². The van der Waals surface area contributed by atoms with Crippen molar-refractivity contribution in [2.75, 3.05) is 5.32 Å². The van der Waals surface area contributed by atoms with Gasteiger partial charge in [0.15, 0.2) is 0 Å². The molecule has 0 heterocycles. The molecule has 0 saturated carbocycles. The average Bonchev–Trinajstić information content (AvgIpc) is 2.77. The lowest BCUT2D eigenvalue weighted by Crippen LogP contribution is -2.41. The van der Waals surface area contributed by atoms with Gasteiger partial charge in [0, 0.05) is 26.9 Å². The second-order valence-corrected chi connectivity index (χ2v) is 7.44. The third kappa shape index (κ3) is 5.94. The fraction of sp³-hybridized carbons (Fsp3) is 0.0455. The summed E-state index contributed by atoms with van der Waals surface area (Å²) in [5, 5.41) is 2.45. The summed E-state index contributed by atoms with van der Waals surface area (Å²) < 4.78 is 39.3. The third-order valence-corrected chi connectivity index (χ3v) is 4.76. The molecule has 10 heteroatoms. The predicted molar refractivity (Wildman–Crippen MR) is 115 cm³/mol. The number of amides is 3. The lowest BCUT2D eigenvalue weighted by molar-refractivity contribution is -0.137. The van der Waals surface area contributed by atoms with E-state index < -0.39 is 29.5 Å². The van der Waals surface area contributed by atoms with E-state index in [4.69, 9.17) is 0 Å². The van der Waals surface area contributed by atoms with Crippen LogP contribution in [0.15, 0.2) is 77.3 Å².